The van der Waals surface area contributed by atoms with E-state index >= 15 is 0 Å². The van der Waals surface area contributed by atoms with E-state index in [1.165, 1.54) is 11.3 Å². The second-order valence-corrected chi connectivity index (χ2v) is 5.01. The van der Waals surface area contributed by atoms with Gasteiger partial charge in [0, 0.05) is 32.0 Å². The Balaban J connectivity index is 2.47. The molecule has 2 N–H and O–H groups in total. The molecule has 2 rings (SSSR count). The van der Waals surface area contributed by atoms with Gasteiger partial charge in [0.2, 0.25) is 0 Å². The van der Waals surface area contributed by atoms with Crippen LogP contribution in [0.15, 0.2) is 33.4 Å². The van der Waals surface area contributed by atoms with Crippen molar-refractivity contribution in [2.45, 2.75) is 0 Å². The number of carbonyl (C=O) groups excluding carboxylic acids is 1. The minimum atomic E-state index is -0.102. The van der Waals surface area contributed by atoms with E-state index in [4.69, 9.17) is 10.5 Å². The van der Waals surface area contributed by atoms with Crippen LogP contribution >= 0.6 is 27.3 Å². The Bertz CT molecular complexity index is 565. The standard InChI is InChI=1S/C12H10BrNO2S/c1-16-7-2-3-11(14)8(4-7)12(15)9-5-17-6-10(9)13/h2-6H,14H2,1H3. The van der Waals surface area contributed by atoms with Crippen LogP contribution in [0.4, 0.5) is 5.69 Å². The predicted octanol–water partition coefficient (Wildman–Crippen LogP) is 3.33. The van der Waals surface area contributed by atoms with Crippen LogP contribution < -0.4 is 10.5 Å². The molecule has 2 aromatic rings. The van der Waals surface area contributed by atoms with Crippen LogP contribution in [0.3, 0.4) is 0 Å². The summed E-state index contributed by atoms with van der Waals surface area (Å²) in [4.78, 5) is 12.3. The summed E-state index contributed by atoms with van der Waals surface area (Å²) in [5.41, 5.74) is 7.35. The van der Waals surface area contributed by atoms with Crippen LogP contribution in [-0.4, -0.2) is 12.9 Å². The summed E-state index contributed by atoms with van der Waals surface area (Å²) in [6, 6.07) is 5.06. The number of methoxy groups -OCH3 is 1. The molecule has 5 heteroatoms. The number of carbonyl (C=O) groups is 1. The lowest BCUT2D eigenvalue weighted by atomic mass is 10.0. The van der Waals surface area contributed by atoms with E-state index in [1.54, 1.807) is 30.7 Å². The van der Waals surface area contributed by atoms with Gasteiger partial charge in [0.25, 0.3) is 0 Å². The summed E-state index contributed by atoms with van der Waals surface area (Å²) in [5, 5.41) is 3.66. The molecule has 0 radical (unpaired) electrons. The number of benzene rings is 1. The van der Waals surface area contributed by atoms with E-state index in [0.29, 0.717) is 22.6 Å². The Kier molecular flexibility index (Phi) is 3.49. The van der Waals surface area contributed by atoms with Gasteiger partial charge in [0.1, 0.15) is 5.75 Å². The number of thiophene rings is 1. The van der Waals surface area contributed by atoms with Crippen LogP contribution in [0.2, 0.25) is 0 Å². The molecule has 1 heterocycles. The topological polar surface area (TPSA) is 52.3 Å². The predicted molar refractivity (Wildman–Crippen MR) is 72.9 cm³/mol. The molecule has 3 nitrogen and oxygen atoms in total. The number of nitrogens with two attached hydrogens (primary N) is 1. The van der Waals surface area contributed by atoms with Gasteiger partial charge in [-0.05, 0) is 34.1 Å². The van der Waals surface area contributed by atoms with Crippen LogP contribution in [0.5, 0.6) is 5.75 Å². The van der Waals surface area contributed by atoms with Crippen molar-refractivity contribution in [3.05, 3.63) is 44.6 Å². The average molecular weight is 312 g/mol. The smallest absolute Gasteiger partial charge is 0.197 e. The summed E-state index contributed by atoms with van der Waals surface area (Å²) in [6.07, 6.45) is 0. The minimum Gasteiger partial charge on any atom is -0.497 e. The first kappa shape index (κ1) is 12.1. The summed E-state index contributed by atoms with van der Waals surface area (Å²) >= 11 is 4.81. The van der Waals surface area contributed by atoms with Crippen molar-refractivity contribution < 1.29 is 9.53 Å². The van der Waals surface area contributed by atoms with Crippen molar-refractivity contribution in [1.82, 2.24) is 0 Å². The van der Waals surface area contributed by atoms with Crippen molar-refractivity contribution in [2.24, 2.45) is 0 Å². The number of halogens is 1. The number of ketones is 1. The highest BCUT2D eigenvalue weighted by Gasteiger charge is 2.16. The van der Waals surface area contributed by atoms with Gasteiger partial charge >= 0.3 is 0 Å². The molecule has 0 atom stereocenters. The maximum atomic E-state index is 12.3. The van der Waals surface area contributed by atoms with Gasteiger partial charge in [0.05, 0.1) is 7.11 Å². The van der Waals surface area contributed by atoms with Crippen LogP contribution in [0, 0.1) is 0 Å². The highest BCUT2D eigenvalue weighted by Crippen LogP contribution is 2.28. The first-order valence-corrected chi connectivity index (χ1v) is 6.57. The molecular formula is C12H10BrNO2S. The Morgan fingerprint density at radius 3 is 2.71 bits per heavy atom. The molecule has 0 unspecified atom stereocenters. The van der Waals surface area contributed by atoms with Crippen molar-refractivity contribution in [3.63, 3.8) is 0 Å². The highest BCUT2D eigenvalue weighted by molar-refractivity contribution is 9.10. The van der Waals surface area contributed by atoms with Crippen molar-refractivity contribution in [1.29, 1.82) is 0 Å². The summed E-state index contributed by atoms with van der Waals surface area (Å²) in [6.45, 7) is 0. The molecule has 0 aliphatic carbocycles. The zero-order valence-corrected chi connectivity index (χ0v) is 11.5. The molecule has 0 bridgehead atoms. The largest absolute Gasteiger partial charge is 0.497 e. The molecule has 0 amide bonds. The molecule has 0 aliphatic rings. The Labute approximate surface area is 111 Å². The van der Waals surface area contributed by atoms with Gasteiger partial charge in [-0.1, -0.05) is 0 Å². The van der Waals surface area contributed by atoms with Gasteiger partial charge in [-0.15, -0.1) is 0 Å². The second-order valence-electron chi connectivity index (χ2n) is 3.42. The first-order chi connectivity index (χ1) is 8.13. The zero-order valence-electron chi connectivity index (χ0n) is 9.07. The molecule has 0 fully saturated rings. The van der Waals surface area contributed by atoms with E-state index in [0.717, 1.165) is 4.47 Å². The number of ether oxygens (including phenoxy) is 1. The van der Waals surface area contributed by atoms with Gasteiger partial charge in [-0.2, -0.15) is 11.3 Å². The van der Waals surface area contributed by atoms with Gasteiger partial charge < -0.3 is 10.5 Å². The number of hydrogen-bond donors (Lipinski definition) is 1. The number of anilines is 1. The molecule has 0 spiro atoms. The lowest BCUT2D eigenvalue weighted by molar-refractivity contribution is 0.103. The lowest BCUT2D eigenvalue weighted by Crippen LogP contribution is -2.05. The van der Waals surface area contributed by atoms with Gasteiger partial charge in [-0.3, -0.25) is 4.79 Å². The van der Waals surface area contributed by atoms with Crippen molar-refractivity contribution in [3.8, 4) is 5.75 Å². The lowest BCUT2D eigenvalue weighted by Gasteiger charge is -2.06. The third-order valence-electron chi connectivity index (χ3n) is 2.36. The van der Waals surface area contributed by atoms with Crippen LogP contribution in [0.25, 0.3) is 0 Å². The van der Waals surface area contributed by atoms with E-state index in [9.17, 15) is 4.79 Å². The molecule has 17 heavy (non-hydrogen) atoms. The molecule has 1 aromatic carbocycles. The van der Waals surface area contributed by atoms with Gasteiger partial charge in [0.15, 0.2) is 5.78 Å². The number of nitrogen functional groups attached to an aromatic ring is 1. The van der Waals surface area contributed by atoms with Crippen LogP contribution in [-0.2, 0) is 0 Å². The summed E-state index contributed by atoms with van der Waals surface area (Å²) in [7, 11) is 1.56. The molecule has 0 aliphatic heterocycles. The SMILES string of the molecule is COc1ccc(N)c(C(=O)c2cscc2Br)c1. The molecule has 1 aromatic heterocycles. The number of rotatable bonds is 3. The van der Waals surface area contributed by atoms with E-state index in [1.807, 2.05) is 5.38 Å². The quantitative estimate of drug-likeness (QED) is 0.698. The summed E-state index contributed by atoms with van der Waals surface area (Å²) in [5.74, 6) is 0.517. The molecule has 88 valence electrons. The average Bonchev–Trinajstić information content (AvgIpc) is 2.75. The van der Waals surface area contributed by atoms with Crippen LogP contribution in [0.1, 0.15) is 15.9 Å². The monoisotopic (exact) mass is 311 g/mol. The molecule has 0 saturated carbocycles. The Hall–Kier alpha value is -1.33. The third kappa shape index (κ3) is 2.35. The summed E-state index contributed by atoms with van der Waals surface area (Å²) < 4.78 is 5.88. The fourth-order valence-electron chi connectivity index (χ4n) is 1.45. The minimum absolute atomic E-state index is 0.102. The van der Waals surface area contributed by atoms with E-state index < -0.39 is 0 Å². The number of hydrogen-bond acceptors (Lipinski definition) is 4. The normalized spacial score (nSPS) is 10.2. The third-order valence-corrected chi connectivity index (χ3v) is 4.07. The van der Waals surface area contributed by atoms with E-state index in [-0.39, 0.29) is 5.78 Å². The van der Waals surface area contributed by atoms with Crippen molar-refractivity contribution >= 4 is 38.7 Å². The first-order valence-electron chi connectivity index (χ1n) is 4.83. The van der Waals surface area contributed by atoms with Gasteiger partial charge in [-0.25, -0.2) is 0 Å². The highest BCUT2D eigenvalue weighted by atomic mass is 79.9. The van der Waals surface area contributed by atoms with E-state index in [2.05, 4.69) is 15.9 Å². The molecule has 0 saturated heterocycles. The maximum Gasteiger partial charge on any atom is 0.197 e. The maximum absolute atomic E-state index is 12.3. The fourth-order valence-corrected chi connectivity index (χ4v) is 2.90. The zero-order chi connectivity index (χ0) is 12.4. The Morgan fingerprint density at radius 2 is 2.12 bits per heavy atom. The van der Waals surface area contributed by atoms with Crippen molar-refractivity contribution in [2.75, 3.05) is 12.8 Å². The fraction of sp³-hybridized carbons (Fsp3) is 0.0833. The molecular weight excluding hydrogens is 302 g/mol. The Morgan fingerprint density at radius 1 is 1.35 bits per heavy atom. The second kappa shape index (κ2) is 4.89.